The van der Waals surface area contributed by atoms with Gasteiger partial charge in [0, 0.05) is 24.3 Å². The van der Waals surface area contributed by atoms with E-state index < -0.39 is 0 Å². The van der Waals surface area contributed by atoms with E-state index in [9.17, 15) is 4.79 Å². The Labute approximate surface area is 162 Å². The van der Waals surface area contributed by atoms with Gasteiger partial charge in [-0.1, -0.05) is 49.2 Å². The van der Waals surface area contributed by atoms with E-state index in [1.165, 1.54) is 24.8 Å². The quantitative estimate of drug-likeness (QED) is 0.833. The molecule has 0 unspecified atom stereocenters. The number of nitrogens with zero attached hydrogens (tertiary/aromatic N) is 3. The highest BCUT2D eigenvalue weighted by molar-refractivity contribution is 5.93. The standard InChI is InChI=1S/C23H29N3O/c1-25-15-9-3-6-13-21-22(25)17-19(16-18-10-4-2-5-11-18)26(21)23(27)20-12-7-8-14-24-20/h2,4-5,7-8,10-12,14,19,21-22H,3,6,9,13,15-17H2,1H3/t19-,21-,22+/m1/s1. The molecule has 0 aliphatic carbocycles. The van der Waals surface area contributed by atoms with Crippen LogP contribution >= 0.6 is 0 Å². The Hall–Kier alpha value is -2.20. The summed E-state index contributed by atoms with van der Waals surface area (Å²) in [5.74, 6) is 0.0954. The maximum absolute atomic E-state index is 13.5. The molecule has 2 fully saturated rings. The van der Waals surface area contributed by atoms with Gasteiger partial charge in [0.2, 0.25) is 0 Å². The van der Waals surface area contributed by atoms with Gasteiger partial charge in [-0.25, -0.2) is 0 Å². The maximum atomic E-state index is 13.5. The van der Waals surface area contributed by atoms with Crippen molar-refractivity contribution in [3.63, 3.8) is 0 Å². The van der Waals surface area contributed by atoms with Gasteiger partial charge in [0.15, 0.2) is 0 Å². The number of carbonyl (C=O) groups is 1. The molecule has 3 heterocycles. The summed E-state index contributed by atoms with van der Waals surface area (Å²) < 4.78 is 0. The lowest BCUT2D eigenvalue weighted by molar-refractivity contribution is 0.0598. The summed E-state index contributed by atoms with van der Waals surface area (Å²) in [5, 5.41) is 0. The summed E-state index contributed by atoms with van der Waals surface area (Å²) >= 11 is 0. The number of carbonyl (C=O) groups excluding carboxylic acids is 1. The molecule has 2 saturated heterocycles. The zero-order valence-corrected chi connectivity index (χ0v) is 16.1. The third-order valence-electron chi connectivity index (χ3n) is 6.22. The lowest BCUT2D eigenvalue weighted by Gasteiger charge is -2.36. The van der Waals surface area contributed by atoms with Crippen molar-refractivity contribution in [1.82, 2.24) is 14.8 Å². The van der Waals surface area contributed by atoms with Crippen LogP contribution in [0.25, 0.3) is 0 Å². The van der Waals surface area contributed by atoms with Crippen LogP contribution in [0, 0.1) is 0 Å². The van der Waals surface area contributed by atoms with Crippen molar-refractivity contribution in [1.29, 1.82) is 0 Å². The molecule has 1 aromatic carbocycles. The summed E-state index contributed by atoms with van der Waals surface area (Å²) in [7, 11) is 2.23. The molecule has 0 radical (unpaired) electrons. The molecule has 2 aliphatic rings. The molecule has 142 valence electrons. The largest absolute Gasteiger partial charge is 0.329 e. The second kappa shape index (κ2) is 8.22. The van der Waals surface area contributed by atoms with Crippen LogP contribution in [0.2, 0.25) is 0 Å². The second-order valence-electron chi connectivity index (χ2n) is 7.97. The van der Waals surface area contributed by atoms with E-state index in [0.29, 0.717) is 17.8 Å². The minimum Gasteiger partial charge on any atom is -0.329 e. The number of hydrogen-bond donors (Lipinski definition) is 0. The molecule has 3 atom stereocenters. The first kappa shape index (κ1) is 18.2. The highest BCUT2D eigenvalue weighted by Gasteiger charge is 2.45. The predicted molar refractivity (Wildman–Crippen MR) is 108 cm³/mol. The Morgan fingerprint density at radius 3 is 2.63 bits per heavy atom. The van der Waals surface area contributed by atoms with Crippen LogP contribution in [-0.2, 0) is 6.42 Å². The van der Waals surface area contributed by atoms with Crippen LogP contribution in [0.1, 0.15) is 48.2 Å². The molecule has 0 N–H and O–H groups in total. The SMILES string of the molecule is CN1CCCCC[C@@H]2[C@@H]1C[C@@H](Cc1ccccc1)N2C(=O)c1ccccn1. The molecule has 0 spiro atoms. The minimum atomic E-state index is 0.0954. The van der Waals surface area contributed by atoms with E-state index in [-0.39, 0.29) is 11.9 Å². The summed E-state index contributed by atoms with van der Waals surface area (Å²) in [6, 6.07) is 17.2. The summed E-state index contributed by atoms with van der Waals surface area (Å²) in [6.07, 6.45) is 8.50. The molecule has 0 bridgehead atoms. The fraction of sp³-hybridized carbons (Fsp3) is 0.478. The summed E-state index contributed by atoms with van der Waals surface area (Å²) in [4.78, 5) is 22.5. The number of rotatable bonds is 3. The van der Waals surface area contributed by atoms with E-state index in [1.807, 2.05) is 18.2 Å². The highest BCUT2D eigenvalue weighted by Crippen LogP contribution is 2.35. The van der Waals surface area contributed by atoms with Crippen LogP contribution in [0.15, 0.2) is 54.7 Å². The number of likely N-dealkylation sites (N-methyl/N-ethyl adjacent to an activating group) is 1. The van der Waals surface area contributed by atoms with Gasteiger partial charge in [0.1, 0.15) is 5.69 Å². The monoisotopic (exact) mass is 363 g/mol. The van der Waals surface area contributed by atoms with Crippen molar-refractivity contribution in [2.45, 2.75) is 56.7 Å². The smallest absolute Gasteiger partial charge is 0.273 e. The summed E-state index contributed by atoms with van der Waals surface area (Å²) in [5.41, 5.74) is 1.87. The number of benzene rings is 1. The Bertz CT molecular complexity index is 749. The van der Waals surface area contributed by atoms with Gasteiger partial charge in [0.25, 0.3) is 5.91 Å². The first-order chi connectivity index (χ1) is 13.2. The van der Waals surface area contributed by atoms with E-state index in [0.717, 1.165) is 25.8 Å². The molecule has 4 heteroatoms. The molecule has 2 aromatic rings. The molecule has 4 rings (SSSR count). The van der Waals surface area contributed by atoms with E-state index >= 15 is 0 Å². The first-order valence-electron chi connectivity index (χ1n) is 10.2. The lowest BCUT2D eigenvalue weighted by Crippen LogP contribution is -2.48. The number of likely N-dealkylation sites (tertiary alicyclic amines) is 2. The molecule has 2 aliphatic heterocycles. The van der Waals surface area contributed by atoms with Crippen LogP contribution in [0.3, 0.4) is 0 Å². The minimum absolute atomic E-state index is 0.0954. The average Bonchev–Trinajstić information content (AvgIpc) is 3.04. The molecular weight excluding hydrogens is 334 g/mol. The Balaban J connectivity index is 1.65. The van der Waals surface area contributed by atoms with Gasteiger partial charge in [-0.3, -0.25) is 9.78 Å². The fourth-order valence-electron chi connectivity index (χ4n) is 4.87. The van der Waals surface area contributed by atoms with Crippen molar-refractivity contribution >= 4 is 5.91 Å². The molecule has 4 nitrogen and oxygen atoms in total. The molecule has 1 aromatic heterocycles. The van der Waals surface area contributed by atoms with Crippen molar-refractivity contribution < 1.29 is 4.79 Å². The van der Waals surface area contributed by atoms with Gasteiger partial charge in [0.05, 0.1) is 0 Å². The molecule has 0 saturated carbocycles. The van der Waals surface area contributed by atoms with Gasteiger partial charge in [-0.15, -0.1) is 0 Å². The molecule has 27 heavy (non-hydrogen) atoms. The first-order valence-corrected chi connectivity index (χ1v) is 10.2. The van der Waals surface area contributed by atoms with E-state index in [1.54, 1.807) is 6.20 Å². The Morgan fingerprint density at radius 2 is 1.85 bits per heavy atom. The molecule has 1 amide bonds. The van der Waals surface area contributed by atoms with E-state index in [2.05, 4.69) is 52.2 Å². The summed E-state index contributed by atoms with van der Waals surface area (Å²) in [6.45, 7) is 1.13. The van der Waals surface area contributed by atoms with Crippen molar-refractivity contribution in [2.24, 2.45) is 0 Å². The van der Waals surface area contributed by atoms with Gasteiger partial charge in [-0.05, 0) is 57.0 Å². The molecular formula is C23H29N3O. The van der Waals surface area contributed by atoms with Crippen LogP contribution in [0.5, 0.6) is 0 Å². The second-order valence-corrected chi connectivity index (χ2v) is 7.97. The maximum Gasteiger partial charge on any atom is 0.273 e. The zero-order chi connectivity index (χ0) is 18.6. The number of hydrogen-bond acceptors (Lipinski definition) is 3. The number of pyridine rings is 1. The van der Waals surface area contributed by atoms with E-state index in [4.69, 9.17) is 0 Å². The average molecular weight is 364 g/mol. The highest BCUT2D eigenvalue weighted by atomic mass is 16.2. The van der Waals surface area contributed by atoms with Gasteiger partial charge in [-0.2, -0.15) is 0 Å². The van der Waals surface area contributed by atoms with Crippen LogP contribution < -0.4 is 0 Å². The Kier molecular flexibility index (Phi) is 5.53. The van der Waals surface area contributed by atoms with Gasteiger partial charge >= 0.3 is 0 Å². The lowest BCUT2D eigenvalue weighted by atomic mass is 9.96. The topological polar surface area (TPSA) is 36.4 Å². The number of aromatic nitrogens is 1. The van der Waals surface area contributed by atoms with Gasteiger partial charge < -0.3 is 9.80 Å². The van der Waals surface area contributed by atoms with Crippen molar-refractivity contribution in [3.05, 3.63) is 66.0 Å². The number of amides is 1. The zero-order valence-electron chi connectivity index (χ0n) is 16.1. The predicted octanol–water partition coefficient (Wildman–Crippen LogP) is 3.78. The normalized spacial score (nSPS) is 26.3. The van der Waals surface area contributed by atoms with Crippen LogP contribution in [0.4, 0.5) is 0 Å². The fourth-order valence-corrected chi connectivity index (χ4v) is 4.87. The van der Waals surface area contributed by atoms with Crippen LogP contribution in [-0.4, -0.2) is 52.4 Å². The van der Waals surface area contributed by atoms with Crippen molar-refractivity contribution in [2.75, 3.05) is 13.6 Å². The Morgan fingerprint density at radius 1 is 1.04 bits per heavy atom. The third-order valence-corrected chi connectivity index (χ3v) is 6.22. The third kappa shape index (κ3) is 3.91. The van der Waals surface area contributed by atoms with Crippen molar-refractivity contribution in [3.8, 4) is 0 Å². The number of fused-ring (bicyclic) bond motifs is 1.